The van der Waals surface area contributed by atoms with Crippen LogP contribution in [0.15, 0.2) is 54.9 Å². The van der Waals surface area contributed by atoms with E-state index in [4.69, 9.17) is 0 Å². The predicted octanol–water partition coefficient (Wildman–Crippen LogP) is 2.93. The molecule has 2 nitrogen and oxygen atoms in total. The van der Waals surface area contributed by atoms with Gasteiger partial charge in [-0.3, -0.25) is 9.78 Å². The highest BCUT2D eigenvalue weighted by Crippen LogP contribution is 2.05. The maximum atomic E-state index is 11.8. The molecule has 0 atom stereocenters. The molecule has 0 radical (unpaired) electrons. The predicted molar refractivity (Wildman–Crippen MR) is 66.0 cm³/mol. The molecule has 0 aliphatic carbocycles. The fourth-order valence-electron chi connectivity index (χ4n) is 1.41. The van der Waals surface area contributed by atoms with E-state index in [9.17, 15) is 4.79 Å². The van der Waals surface area contributed by atoms with Gasteiger partial charge in [-0.05, 0) is 17.7 Å². The second-order valence-electron chi connectivity index (χ2n) is 3.33. The zero-order valence-corrected chi connectivity index (χ0v) is 9.48. The van der Waals surface area contributed by atoms with E-state index < -0.39 is 0 Å². The van der Waals surface area contributed by atoms with E-state index in [1.54, 1.807) is 24.5 Å². The number of carbonyl (C=O) groups is 1. The molecule has 82 valence electrons. The van der Waals surface area contributed by atoms with E-state index in [0.717, 1.165) is 5.56 Å². The summed E-state index contributed by atoms with van der Waals surface area (Å²) in [6.07, 6.45) is 3.71. The van der Waals surface area contributed by atoms with Crippen molar-refractivity contribution in [3.8, 4) is 0 Å². The third-order valence-corrected chi connectivity index (χ3v) is 2.19. The van der Waals surface area contributed by atoms with Crippen molar-refractivity contribution in [3.05, 3.63) is 66.0 Å². The fraction of sp³-hybridized carbons (Fsp3) is 0.0769. The molecule has 2 rings (SSSR count). The molecule has 0 fully saturated rings. The largest absolute Gasteiger partial charge is 0.294 e. The van der Waals surface area contributed by atoms with Crippen molar-refractivity contribution in [3.63, 3.8) is 0 Å². The summed E-state index contributed by atoms with van der Waals surface area (Å²) in [6, 6.07) is 13.3. The van der Waals surface area contributed by atoms with Crippen LogP contribution in [0.1, 0.15) is 15.9 Å². The number of benzene rings is 1. The molecular formula is C13H12ClNO. The molecule has 0 spiro atoms. The number of halogens is 1. The van der Waals surface area contributed by atoms with E-state index in [1.807, 2.05) is 30.3 Å². The van der Waals surface area contributed by atoms with Crippen LogP contribution in [0.4, 0.5) is 0 Å². The first-order valence-corrected chi connectivity index (χ1v) is 4.83. The second-order valence-corrected chi connectivity index (χ2v) is 3.33. The third-order valence-electron chi connectivity index (χ3n) is 2.19. The van der Waals surface area contributed by atoms with Crippen LogP contribution < -0.4 is 0 Å². The van der Waals surface area contributed by atoms with Gasteiger partial charge >= 0.3 is 0 Å². The van der Waals surface area contributed by atoms with Crippen molar-refractivity contribution < 1.29 is 4.79 Å². The quantitative estimate of drug-likeness (QED) is 0.763. The molecule has 2 aromatic rings. The molecule has 0 saturated carbocycles. The summed E-state index contributed by atoms with van der Waals surface area (Å²) in [4.78, 5) is 15.7. The molecule has 16 heavy (non-hydrogen) atoms. The van der Waals surface area contributed by atoms with E-state index >= 15 is 0 Å². The lowest BCUT2D eigenvalue weighted by molar-refractivity contribution is 0.0992. The third kappa shape index (κ3) is 3.17. The summed E-state index contributed by atoms with van der Waals surface area (Å²) in [6.45, 7) is 0. The lowest BCUT2D eigenvalue weighted by Gasteiger charge is -2.00. The number of rotatable bonds is 3. The second kappa shape index (κ2) is 6.03. The van der Waals surface area contributed by atoms with Gasteiger partial charge in [-0.1, -0.05) is 30.3 Å². The van der Waals surface area contributed by atoms with Gasteiger partial charge in [0.15, 0.2) is 5.78 Å². The topological polar surface area (TPSA) is 30.0 Å². The van der Waals surface area contributed by atoms with Gasteiger partial charge in [0.2, 0.25) is 0 Å². The Bertz CT molecular complexity index is 442. The SMILES string of the molecule is Cl.O=C(Cc1ccccc1)c1cccnc1. The van der Waals surface area contributed by atoms with E-state index in [2.05, 4.69) is 4.98 Å². The highest BCUT2D eigenvalue weighted by atomic mass is 35.5. The van der Waals surface area contributed by atoms with Crippen LogP contribution in [0.3, 0.4) is 0 Å². The molecule has 0 unspecified atom stereocenters. The minimum Gasteiger partial charge on any atom is -0.294 e. The lowest BCUT2D eigenvalue weighted by Crippen LogP contribution is -2.03. The van der Waals surface area contributed by atoms with E-state index in [-0.39, 0.29) is 18.2 Å². The Morgan fingerprint density at radius 3 is 2.44 bits per heavy atom. The number of carbonyl (C=O) groups excluding carboxylic acids is 1. The first kappa shape index (κ1) is 12.4. The monoisotopic (exact) mass is 233 g/mol. The molecule has 0 N–H and O–H groups in total. The molecule has 0 aliphatic heterocycles. The van der Waals surface area contributed by atoms with Gasteiger partial charge in [-0.25, -0.2) is 0 Å². The van der Waals surface area contributed by atoms with Crippen molar-refractivity contribution in [2.75, 3.05) is 0 Å². The highest BCUT2D eigenvalue weighted by Gasteiger charge is 2.05. The molecule has 0 saturated heterocycles. The van der Waals surface area contributed by atoms with Gasteiger partial charge < -0.3 is 0 Å². The molecule has 1 heterocycles. The van der Waals surface area contributed by atoms with Crippen LogP contribution in [0.2, 0.25) is 0 Å². The van der Waals surface area contributed by atoms with Crippen LogP contribution in [0.5, 0.6) is 0 Å². The Morgan fingerprint density at radius 1 is 1.06 bits per heavy atom. The molecule has 0 amide bonds. The minimum absolute atomic E-state index is 0. The van der Waals surface area contributed by atoms with Gasteiger partial charge in [-0.15, -0.1) is 12.4 Å². The van der Waals surface area contributed by atoms with Crippen molar-refractivity contribution in [2.45, 2.75) is 6.42 Å². The number of hydrogen-bond donors (Lipinski definition) is 0. The molecule has 0 aliphatic rings. The number of ketones is 1. The van der Waals surface area contributed by atoms with Crippen molar-refractivity contribution in [2.24, 2.45) is 0 Å². The lowest BCUT2D eigenvalue weighted by atomic mass is 10.0. The summed E-state index contributed by atoms with van der Waals surface area (Å²) < 4.78 is 0. The number of nitrogens with zero attached hydrogens (tertiary/aromatic N) is 1. The Balaban J connectivity index is 0.00000128. The van der Waals surface area contributed by atoms with Crippen LogP contribution in [-0.4, -0.2) is 10.8 Å². The molecular weight excluding hydrogens is 222 g/mol. The van der Waals surface area contributed by atoms with Crippen LogP contribution in [0, 0.1) is 0 Å². The average molecular weight is 234 g/mol. The highest BCUT2D eigenvalue weighted by molar-refractivity contribution is 5.97. The molecule has 0 bridgehead atoms. The first-order valence-electron chi connectivity index (χ1n) is 4.83. The van der Waals surface area contributed by atoms with Crippen LogP contribution in [-0.2, 0) is 6.42 Å². The summed E-state index contributed by atoms with van der Waals surface area (Å²) in [7, 11) is 0. The number of aromatic nitrogens is 1. The Kier molecular flexibility index (Phi) is 4.67. The smallest absolute Gasteiger partial charge is 0.168 e. The van der Waals surface area contributed by atoms with Gasteiger partial charge in [0.25, 0.3) is 0 Å². The molecule has 1 aromatic heterocycles. The summed E-state index contributed by atoms with van der Waals surface area (Å²) in [5, 5.41) is 0. The number of Topliss-reactive ketones (excluding diaryl/α,β-unsaturated/α-hetero) is 1. The average Bonchev–Trinajstić information content (AvgIpc) is 2.31. The number of pyridine rings is 1. The van der Waals surface area contributed by atoms with Crippen molar-refractivity contribution in [1.82, 2.24) is 4.98 Å². The Hall–Kier alpha value is -1.67. The number of hydrogen-bond acceptors (Lipinski definition) is 2. The minimum atomic E-state index is 0. The normalized spacial score (nSPS) is 9.25. The van der Waals surface area contributed by atoms with E-state index in [0.29, 0.717) is 12.0 Å². The zero-order chi connectivity index (χ0) is 10.5. The van der Waals surface area contributed by atoms with Crippen molar-refractivity contribution in [1.29, 1.82) is 0 Å². The van der Waals surface area contributed by atoms with Crippen LogP contribution in [0.25, 0.3) is 0 Å². The Labute approximate surface area is 101 Å². The standard InChI is InChI=1S/C13H11NO.ClH/c15-13(12-7-4-8-14-10-12)9-11-5-2-1-3-6-11;/h1-8,10H,9H2;1H. The maximum Gasteiger partial charge on any atom is 0.168 e. The first-order chi connectivity index (χ1) is 7.36. The summed E-state index contributed by atoms with van der Waals surface area (Å²) in [5.74, 6) is 0.106. The summed E-state index contributed by atoms with van der Waals surface area (Å²) in [5.41, 5.74) is 1.70. The van der Waals surface area contributed by atoms with E-state index in [1.165, 1.54) is 0 Å². The molecule has 3 heteroatoms. The van der Waals surface area contributed by atoms with Gasteiger partial charge in [0.05, 0.1) is 0 Å². The van der Waals surface area contributed by atoms with Gasteiger partial charge in [0.1, 0.15) is 0 Å². The van der Waals surface area contributed by atoms with Gasteiger partial charge in [0, 0.05) is 24.4 Å². The maximum absolute atomic E-state index is 11.8. The zero-order valence-electron chi connectivity index (χ0n) is 8.67. The van der Waals surface area contributed by atoms with Crippen molar-refractivity contribution >= 4 is 18.2 Å². The summed E-state index contributed by atoms with van der Waals surface area (Å²) >= 11 is 0. The van der Waals surface area contributed by atoms with Crippen LogP contribution >= 0.6 is 12.4 Å². The fourth-order valence-corrected chi connectivity index (χ4v) is 1.41. The van der Waals surface area contributed by atoms with Gasteiger partial charge in [-0.2, -0.15) is 0 Å². The molecule has 1 aromatic carbocycles. The Morgan fingerprint density at radius 2 is 1.81 bits per heavy atom.